The minimum atomic E-state index is 0.141. The van der Waals surface area contributed by atoms with E-state index < -0.39 is 0 Å². The number of benzene rings is 4. The highest BCUT2D eigenvalue weighted by Crippen LogP contribution is 2.48. The highest BCUT2D eigenvalue weighted by Gasteiger charge is 2.22. The van der Waals surface area contributed by atoms with Gasteiger partial charge < -0.3 is 9.47 Å². The van der Waals surface area contributed by atoms with Crippen LogP contribution >= 0.6 is 25.3 Å². The van der Waals surface area contributed by atoms with Crippen molar-refractivity contribution in [3.63, 3.8) is 0 Å². The van der Waals surface area contributed by atoms with Crippen molar-refractivity contribution in [2.24, 2.45) is 0 Å². The minimum absolute atomic E-state index is 0.141. The lowest BCUT2D eigenvalue weighted by Crippen LogP contribution is -2.16. The highest BCUT2D eigenvalue weighted by molar-refractivity contribution is 7.80. The fourth-order valence-electron chi connectivity index (χ4n) is 6.74. The van der Waals surface area contributed by atoms with Gasteiger partial charge in [0.25, 0.3) is 0 Å². The molecule has 0 aliphatic carbocycles. The topological polar surface area (TPSA) is 18.5 Å². The molecular weight excluding hydrogens is 577 g/mol. The molecule has 4 aromatic carbocycles. The molecule has 0 radical (unpaired) electrons. The van der Waals surface area contributed by atoms with Gasteiger partial charge in [0.1, 0.15) is 0 Å². The van der Waals surface area contributed by atoms with Crippen LogP contribution in [0.4, 0.5) is 0 Å². The number of hydrogen-bond acceptors (Lipinski definition) is 4. The van der Waals surface area contributed by atoms with E-state index in [0.29, 0.717) is 0 Å². The zero-order valence-corrected chi connectivity index (χ0v) is 29.4. The Morgan fingerprint density at radius 2 is 0.795 bits per heavy atom. The molecular formula is C40H58O2S2. The quantitative estimate of drug-likeness (QED) is 0.0454. The van der Waals surface area contributed by atoms with Crippen molar-refractivity contribution in [3.8, 4) is 11.5 Å². The molecule has 0 heterocycles. The van der Waals surface area contributed by atoms with Crippen molar-refractivity contribution >= 4 is 57.6 Å². The lowest BCUT2D eigenvalue weighted by molar-refractivity contribution is 0.172. The van der Waals surface area contributed by atoms with E-state index in [2.05, 4.69) is 87.6 Å². The normalized spacial score (nSPS) is 13.3. The second-order valence-corrected chi connectivity index (χ2v) is 14.0. The molecule has 4 aromatic rings. The first-order valence-corrected chi connectivity index (χ1v) is 19.1. The Morgan fingerprint density at radius 1 is 0.455 bits per heavy atom. The maximum Gasteiger partial charge on any atom is 0.170 e. The van der Waals surface area contributed by atoms with Crippen molar-refractivity contribution in [1.29, 1.82) is 0 Å². The maximum atomic E-state index is 6.90. The molecule has 0 fully saturated rings. The second kappa shape index (κ2) is 19.7. The van der Waals surface area contributed by atoms with Gasteiger partial charge in [-0.1, -0.05) is 126 Å². The fourth-order valence-corrected chi connectivity index (χ4v) is 7.19. The molecule has 2 nitrogen and oxygen atoms in total. The van der Waals surface area contributed by atoms with E-state index in [1.54, 1.807) is 0 Å². The van der Waals surface area contributed by atoms with Gasteiger partial charge in [-0.15, -0.1) is 0 Å². The smallest absolute Gasteiger partial charge is 0.170 e. The number of thiol groups is 2. The van der Waals surface area contributed by atoms with Crippen molar-refractivity contribution < 1.29 is 9.47 Å². The molecule has 44 heavy (non-hydrogen) atoms. The zero-order valence-electron chi connectivity index (χ0n) is 27.6. The van der Waals surface area contributed by atoms with Crippen LogP contribution < -0.4 is 9.47 Å². The van der Waals surface area contributed by atoms with Crippen molar-refractivity contribution in [3.05, 3.63) is 48.5 Å². The summed E-state index contributed by atoms with van der Waals surface area (Å²) in [6.07, 6.45) is 23.4. The first-order valence-electron chi connectivity index (χ1n) is 17.9. The van der Waals surface area contributed by atoms with Gasteiger partial charge >= 0.3 is 0 Å². The number of hydrogen-bond donors (Lipinski definition) is 2. The Morgan fingerprint density at radius 3 is 1.16 bits per heavy atom. The highest BCUT2D eigenvalue weighted by atomic mass is 32.1. The number of unbranched alkanes of at least 4 members (excludes halogenated alkanes) is 14. The van der Waals surface area contributed by atoms with Crippen LogP contribution in [0.2, 0.25) is 0 Å². The van der Waals surface area contributed by atoms with Crippen LogP contribution in [-0.4, -0.2) is 23.7 Å². The van der Waals surface area contributed by atoms with Gasteiger partial charge in [-0.05, 0) is 74.7 Å². The third-order valence-corrected chi connectivity index (χ3v) is 9.89. The van der Waals surface area contributed by atoms with Gasteiger partial charge in [0, 0.05) is 21.5 Å². The number of ether oxygens (including phenoxy) is 2. The SMILES string of the molecule is CC(CCCCCCCCCCS)Oc1c(OC(C)CCCCCCCCCCS)c2cccc3ccc4cccc1c4c32. The summed E-state index contributed by atoms with van der Waals surface area (Å²) in [5.74, 6) is 3.91. The van der Waals surface area contributed by atoms with Crippen LogP contribution in [0.5, 0.6) is 11.5 Å². The van der Waals surface area contributed by atoms with Gasteiger partial charge in [-0.2, -0.15) is 25.3 Å². The summed E-state index contributed by atoms with van der Waals surface area (Å²) >= 11 is 8.66. The second-order valence-electron chi connectivity index (χ2n) is 13.1. The molecule has 4 rings (SSSR count). The Hall–Kier alpha value is -1.78. The standard InChI is InChI=1S/C40H58O2S2/c1-31(21-15-11-7-3-5-9-13-17-29-43)41-39-35-25-19-23-33-27-28-34-24-20-26-36(38(34)37(33)35)40(39)42-32(2)22-16-12-8-4-6-10-14-18-30-44/h19-20,23-28,31-32,43-44H,3-18,21-22,29-30H2,1-2H3. The van der Waals surface area contributed by atoms with E-state index in [4.69, 9.17) is 9.47 Å². The Balaban J connectivity index is 1.41. The van der Waals surface area contributed by atoms with Crippen LogP contribution in [0.15, 0.2) is 48.5 Å². The summed E-state index contributed by atoms with van der Waals surface area (Å²) in [6.45, 7) is 4.48. The van der Waals surface area contributed by atoms with E-state index in [9.17, 15) is 0 Å². The summed E-state index contributed by atoms with van der Waals surface area (Å²) in [4.78, 5) is 0. The van der Waals surface area contributed by atoms with E-state index >= 15 is 0 Å². The van der Waals surface area contributed by atoms with Gasteiger partial charge in [-0.25, -0.2) is 0 Å². The molecule has 0 aromatic heterocycles. The third-order valence-electron chi connectivity index (χ3n) is 9.26. The number of rotatable bonds is 24. The molecule has 4 heteroatoms. The average Bonchev–Trinajstić information content (AvgIpc) is 3.04. The average molecular weight is 635 g/mol. The lowest BCUT2D eigenvalue weighted by Gasteiger charge is -2.25. The molecule has 0 saturated carbocycles. The van der Waals surface area contributed by atoms with E-state index in [1.807, 2.05) is 0 Å². The van der Waals surface area contributed by atoms with Crippen LogP contribution in [0, 0.1) is 0 Å². The molecule has 242 valence electrons. The van der Waals surface area contributed by atoms with E-state index in [0.717, 1.165) is 35.8 Å². The summed E-state index contributed by atoms with van der Waals surface area (Å²) < 4.78 is 13.8. The van der Waals surface area contributed by atoms with Crippen molar-refractivity contribution in [1.82, 2.24) is 0 Å². The lowest BCUT2D eigenvalue weighted by atomic mass is 9.93. The summed E-state index contributed by atoms with van der Waals surface area (Å²) in [5.41, 5.74) is 0. The fraction of sp³-hybridized carbons (Fsp3) is 0.600. The Labute approximate surface area is 279 Å². The maximum absolute atomic E-state index is 6.90. The van der Waals surface area contributed by atoms with E-state index in [1.165, 1.54) is 135 Å². The van der Waals surface area contributed by atoms with Crippen LogP contribution in [0.3, 0.4) is 0 Å². The monoisotopic (exact) mass is 634 g/mol. The first-order chi connectivity index (χ1) is 21.6. The van der Waals surface area contributed by atoms with Gasteiger partial charge in [0.2, 0.25) is 0 Å². The van der Waals surface area contributed by atoms with Gasteiger partial charge in [0.05, 0.1) is 12.2 Å². The zero-order chi connectivity index (χ0) is 31.0. The summed E-state index contributed by atoms with van der Waals surface area (Å²) in [5, 5.41) is 7.50. The molecule has 0 saturated heterocycles. The summed E-state index contributed by atoms with van der Waals surface area (Å²) in [6, 6.07) is 17.8. The third kappa shape index (κ3) is 10.4. The van der Waals surface area contributed by atoms with Crippen LogP contribution in [-0.2, 0) is 0 Å². The van der Waals surface area contributed by atoms with Crippen molar-refractivity contribution in [2.75, 3.05) is 11.5 Å². The molecule has 0 amide bonds. The predicted octanol–water partition coefficient (Wildman–Crippen LogP) is 13.0. The largest absolute Gasteiger partial charge is 0.486 e. The first kappa shape index (κ1) is 35.1. The molecule has 0 bridgehead atoms. The van der Waals surface area contributed by atoms with E-state index in [-0.39, 0.29) is 12.2 Å². The van der Waals surface area contributed by atoms with Crippen LogP contribution in [0.25, 0.3) is 32.3 Å². The Bertz CT molecular complexity index is 1250. The van der Waals surface area contributed by atoms with Gasteiger partial charge in [-0.3, -0.25) is 0 Å². The molecule has 2 unspecified atom stereocenters. The molecule has 0 spiro atoms. The summed E-state index contributed by atoms with van der Waals surface area (Å²) in [7, 11) is 0. The minimum Gasteiger partial charge on any atom is -0.486 e. The molecule has 2 atom stereocenters. The van der Waals surface area contributed by atoms with Crippen LogP contribution in [0.1, 0.15) is 129 Å². The van der Waals surface area contributed by atoms with Gasteiger partial charge in [0.15, 0.2) is 11.5 Å². The Kier molecular flexibility index (Phi) is 15.7. The molecule has 0 aliphatic heterocycles. The molecule has 0 aliphatic rings. The predicted molar refractivity (Wildman–Crippen MR) is 201 cm³/mol. The van der Waals surface area contributed by atoms with Crippen molar-refractivity contribution in [2.45, 2.75) is 142 Å². The molecule has 0 N–H and O–H groups in total.